The van der Waals surface area contributed by atoms with Crippen LogP contribution in [0, 0.1) is 5.92 Å². The zero-order valence-electron chi connectivity index (χ0n) is 18.7. The standard InChI is InChI=1S/C26H25Cl2N3O2S/c1-17-13-15-31(16-14-17)19-7-5-18(6-8-19)29-26(34)30-24(32)12-10-20-9-11-23(33-20)21-3-2-4-22(27)25(21)28/h2-12,17H,13-16H2,1H3,(H2,29,30,32,34). The first-order chi connectivity index (χ1) is 16.4. The van der Waals surface area contributed by atoms with Gasteiger partial charge in [-0.05, 0) is 85.6 Å². The molecule has 4 rings (SSSR count). The van der Waals surface area contributed by atoms with Gasteiger partial charge in [0, 0.05) is 36.1 Å². The number of carbonyl (C=O) groups excluding carboxylic acids is 1. The Hall–Kier alpha value is -2.80. The third kappa shape index (κ3) is 6.20. The molecule has 2 heterocycles. The number of thiocarbonyl (C=S) groups is 1. The van der Waals surface area contributed by atoms with Crippen LogP contribution in [0.4, 0.5) is 11.4 Å². The highest BCUT2D eigenvalue weighted by atomic mass is 35.5. The molecule has 1 amide bonds. The van der Waals surface area contributed by atoms with Crippen LogP contribution in [-0.4, -0.2) is 24.1 Å². The van der Waals surface area contributed by atoms with Crippen molar-refractivity contribution in [2.45, 2.75) is 19.8 Å². The van der Waals surface area contributed by atoms with Crippen LogP contribution in [-0.2, 0) is 4.79 Å². The third-order valence-corrected chi connectivity index (χ3v) is 6.78. The summed E-state index contributed by atoms with van der Waals surface area (Å²) in [5.41, 5.74) is 2.70. The fourth-order valence-corrected chi connectivity index (χ4v) is 4.39. The van der Waals surface area contributed by atoms with Crippen LogP contribution in [0.15, 0.2) is 65.1 Å². The van der Waals surface area contributed by atoms with E-state index in [9.17, 15) is 4.79 Å². The maximum atomic E-state index is 12.3. The van der Waals surface area contributed by atoms with Crippen LogP contribution in [0.2, 0.25) is 10.0 Å². The van der Waals surface area contributed by atoms with Gasteiger partial charge in [0.1, 0.15) is 11.5 Å². The van der Waals surface area contributed by atoms with Gasteiger partial charge in [0.25, 0.3) is 0 Å². The number of nitrogens with one attached hydrogen (secondary N) is 2. The minimum atomic E-state index is -0.365. The van der Waals surface area contributed by atoms with E-state index in [1.807, 2.05) is 18.2 Å². The van der Waals surface area contributed by atoms with Gasteiger partial charge in [0.05, 0.1) is 10.0 Å². The molecule has 3 aromatic rings. The molecule has 1 fully saturated rings. The number of furan rings is 1. The van der Waals surface area contributed by atoms with Crippen molar-refractivity contribution in [3.63, 3.8) is 0 Å². The molecule has 5 nitrogen and oxygen atoms in total. The number of hydrogen-bond acceptors (Lipinski definition) is 4. The summed E-state index contributed by atoms with van der Waals surface area (Å²) in [6, 6.07) is 16.9. The van der Waals surface area contributed by atoms with E-state index in [0.29, 0.717) is 27.1 Å². The van der Waals surface area contributed by atoms with Crippen molar-refractivity contribution in [2.24, 2.45) is 5.92 Å². The summed E-state index contributed by atoms with van der Waals surface area (Å²) >= 11 is 17.6. The summed E-state index contributed by atoms with van der Waals surface area (Å²) in [6.07, 6.45) is 5.36. The quantitative estimate of drug-likeness (QED) is 0.283. The summed E-state index contributed by atoms with van der Waals surface area (Å²) in [5.74, 6) is 1.49. The van der Waals surface area contributed by atoms with Gasteiger partial charge in [-0.15, -0.1) is 0 Å². The predicted molar refractivity (Wildman–Crippen MR) is 145 cm³/mol. The first kappa shape index (κ1) is 24.3. The highest BCUT2D eigenvalue weighted by Gasteiger charge is 2.16. The molecule has 8 heteroatoms. The lowest BCUT2D eigenvalue weighted by Gasteiger charge is -2.32. The number of rotatable bonds is 5. The van der Waals surface area contributed by atoms with E-state index in [1.54, 1.807) is 30.3 Å². The van der Waals surface area contributed by atoms with Gasteiger partial charge in [-0.2, -0.15) is 0 Å². The molecule has 2 aromatic carbocycles. The Morgan fingerprint density at radius 3 is 2.56 bits per heavy atom. The lowest BCUT2D eigenvalue weighted by Crippen LogP contribution is -2.33. The normalized spacial score (nSPS) is 14.4. The van der Waals surface area contributed by atoms with Gasteiger partial charge in [0.2, 0.25) is 5.91 Å². The minimum absolute atomic E-state index is 0.222. The van der Waals surface area contributed by atoms with Crippen molar-refractivity contribution >= 4 is 63.9 Å². The Labute approximate surface area is 214 Å². The lowest BCUT2D eigenvalue weighted by atomic mass is 9.99. The molecule has 0 atom stereocenters. The number of halogens is 2. The van der Waals surface area contributed by atoms with Gasteiger partial charge < -0.3 is 14.6 Å². The summed E-state index contributed by atoms with van der Waals surface area (Å²) in [5, 5.41) is 6.77. The molecule has 1 saturated heterocycles. The second-order valence-electron chi connectivity index (χ2n) is 8.30. The van der Waals surface area contributed by atoms with Gasteiger partial charge in [-0.1, -0.05) is 36.2 Å². The number of anilines is 2. The maximum Gasteiger partial charge on any atom is 0.250 e. The molecule has 176 valence electrons. The third-order valence-electron chi connectivity index (χ3n) is 5.75. The molecule has 1 aliphatic rings. The van der Waals surface area contributed by atoms with E-state index in [0.717, 1.165) is 24.7 Å². The van der Waals surface area contributed by atoms with Crippen LogP contribution < -0.4 is 15.5 Å². The van der Waals surface area contributed by atoms with E-state index >= 15 is 0 Å². The van der Waals surface area contributed by atoms with Gasteiger partial charge in [0.15, 0.2) is 5.11 Å². The summed E-state index contributed by atoms with van der Waals surface area (Å²) in [7, 11) is 0. The Morgan fingerprint density at radius 1 is 1.09 bits per heavy atom. The Balaban J connectivity index is 1.29. The predicted octanol–water partition coefficient (Wildman–Crippen LogP) is 7.02. The van der Waals surface area contributed by atoms with Crippen LogP contribution in [0.3, 0.4) is 0 Å². The highest BCUT2D eigenvalue weighted by molar-refractivity contribution is 7.80. The zero-order chi connectivity index (χ0) is 24.1. The van der Waals surface area contributed by atoms with Crippen LogP contribution >= 0.6 is 35.4 Å². The molecule has 1 aromatic heterocycles. The second-order valence-corrected chi connectivity index (χ2v) is 9.49. The van der Waals surface area contributed by atoms with E-state index in [2.05, 4.69) is 34.6 Å². The minimum Gasteiger partial charge on any atom is -0.457 e. The van der Waals surface area contributed by atoms with Gasteiger partial charge in [-0.25, -0.2) is 0 Å². The molecule has 0 bridgehead atoms. The molecule has 0 saturated carbocycles. The lowest BCUT2D eigenvalue weighted by molar-refractivity contribution is -0.115. The first-order valence-corrected chi connectivity index (χ1v) is 12.2. The van der Waals surface area contributed by atoms with Gasteiger partial charge in [-0.3, -0.25) is 10.1 Å². The average Bonchev–Trinajstić information content (AvgIpc) is 3.29. The van der Waals surface area contributed by atoms with Crippen LogP contribution in [0.25, 0.3) is 17.4 Å². The molecular formula is C26H25Cl2N3O2S. The average molecular weight is 514 g/mol. The number of nitrogens with zero attached hydrogens (tertiary/aromatic N) is 1. The molecule has 1 aliphatic heterocycles. The van der Waals surface area contributed by atoms with Crippen molar-refractivity contribution in [3.05, 3.63) is 76.5 Å². The van der Waals surface area contributed by atoms with Crippen LogP contribution in [0.1, 0.15) is 25.5 Å². The summed E-state index contributed by atoms with van der Waals surface area (Å²) < 4.78 is 5.76. The first-order valence-electron chi connectivity index (χ1n) is 11.1. The second kappa shape index (κ2) is 11.1. The molecule has 34 heavy (non-hydrogen) atoms. The number of piperidine rings is 1. The van der Waals surface area contributed by atoms with E-state index in [1.165, 1.54) is 24.6 Å². The molecule has 0 radical (unpaired) electrons. The zero-order valence-corrected chi connectivity index (χ0v) is 21.0. The number of hydrogen-bond donors (Lipinski definition) is 2. The van der Waals surface area contributed by atoms with E-state index < -0.39 is 0 Å². The van der Waals surface area contributed by atoms with Crippen molar-refractivity contribution in [2.75, 3.05) is 23.3 Å². The smallest absolute Gasteiger partial charge is 0.250 e. The van der Waals surface area contributed by atoms with E-state index in [-0.39, 0.29) is 11.0 Å². The maximum absolute atomic E-state index is 12.3. The largest absolute Gasteiger partial charge is 0.457 e. The SMILES string of the molecule is CC1CCN(c2ccc(NC(=S)NC(=O)C=Cc3ccc(-c4cccc(Cl)c4Cl)o3)cc2)CC1. The highest BCUT2D eigenvalue weighted by Crippen LogP contribution is 2.34. The molecule has 2 N–H and O–H groups in total. The molecular weight excluding hydrogens is 489 g/mol. The van der Waals surface area contributed by atoms with Crippen molar-refractivity contribution in [1.29, 1.82) is 0 Å². The summed E-state index contributed by atoms with van der Waals surface area (Å²) in [4.78, 5) is 14.7. The van der Waals surface area contributed by atoms with Crippen molar-refractivity contribution in [3.8, 4) is 11.3 Å². The van der Waals surface area contributed by atoms with Crippen molar-refractivity contribution in [1.82, 2.24) is 5.32 Å². The molecule has 0 unspecified atom stereocenters. The van der Waals surface area contributed by atoms with E-state index in [4.69, 9.17) is 39.8 Å². The summed E-state index contributed by atoms with van der Waals surface area (Å²) in [6.45, 7) is 4.47. The Morgan fingerprint density at radius 2 is 1.82 bits per heavy atom. The van der Waals surface area contributed by atoms with Crippen molar-refractivity contribution < 1.29 is 9.21 Å². The van der Waals surface area contributed by atoms with Gasteiger partial charge >= 0.3 is 0 Å². The Bertz CT molecular complexity index is 1200. The molecule has 0 aliphatic carbocycles. The number of benzene rings is 2. The van der Waals surface area contributed by atoms with Crippen LogP contribution in [0.5, 0.6) is 0 Å². The number of amides is 1. The Kier molecular flexibility index (Phi) is 7.93. The molecule has 0 spiro atoms. The monoisotopic (exact) mass is 513 g/mol. The number of carbonyl (C=O) groups is 1. The topological polar surface area (TPSA) is 57.5 Å². The fraction of sp³-hybridized carbons (Fsp3) is 0.231. The fourth-order valence-electron chi connectivity index (χ4n) is 3.78.